The molecule has 1 aliphatic rings. The van der Waals surface area contributed by atoms with Gasteiger partial charge in [-0.3, -0.25) is 0 Å². The lowest BCUT2D eigenvalue weighted by Crippen LogP contribution is -2.46. The smallest absolute Gasteiger partial charge is 0.254 e. The van der Waals surface area contributed by atoms with Gasteiger partial charge in [0.05, 0.1) is 0 Å². The highest BCUT2D eigenvalue weighted by molar-refractivity contribution is 8.24. The standard InChI is InChI=1S/C13H16N2OS2/c1-13(2)11(14(3)12(17)18-13)15(16)9-10-7-5-4-6-8-10/h4-9,11H,1-3H3. The fourth-order valence-electron chi connectivity index (χ4n) is 2.15. The maximum absolute atomic E-state index is 12.3. The lowest BCUT2D eigenvalue weighted by molar-refractivity contribution is -0.522. The van der Waals surface area contributed by atoms with Crippen molar-refractivity contribution < 1.29 is 4.74 Å². The molecule has 1 saturated heterocycles. The van der Waals surface area contributed by atoms with Gasteiger partial charge in [0.25, 0.3) is 6.17 Å². The van der Waals surface area contributed by atoms with Crippen LogP contribution in [0, 0.1) is 5.21 Å². The molecule has 1 aliphatic heterocycles. The summed E-state index contributed by atoms with van der Waals surface area (Å²) in [6.07, 6.45) is 1.35. The van der Waals surface area contributed by atoms with Gasteiger partial charge in [-0.1, -0.05) is 42.2 Å². The Labute approximate surface area is 117 Å². The maximum atomic E-state index is 12.3. The van der Waals surface area contributed by atoms with E-state index in [2.05, 4.69) is 0 Å². The van der Waals surface area contributed by atoms with E-state index in [1.54, 1.807) is 18.0 Å². The van der Waals surface area contributed by atoms with Crippen molar-refractivity contribution in [2.75, 3.05) is 7.05 Å². The molecule has 18 heavy (non-hydrogen) atoms. The molecule has 0 bridgehead atoms. The molecule has 1 aromatic rings. The van der Waals surface area contributed by atoms with Crippen LogP contribution < -0.4 is 0 Å². The van der Waals surface area contributed by atoms with Gasteiger partial charge in [0, 0.05) is 12.6 Å². The molecular weight excluding hydrogens is 264 g/mol. The van der Waals surface area contributed by atoms with Crippen LogP contribution in [-0.2, 0) is 0 Å². The van der Waals surface area contributed by atoms with Crippen molar-refractivity contribution >= 4 is 34.5 Å². The molecule has 0 amide bonds. The summed E-state index contributed by atoms with van der Waals surface area (Å²) in [4.78, 5) is 1.87. The van der Waals surface area contributed by atoms with Crippen molar-refractivity contribution in [3.63, 3.8) is 0 Å². The van der Waals surface area contributed by atoms with Crippen LogP contribution in [0.15, 0.2) is 30.3 Å². The van der Waals surface area contributed by atoms with E-state index in [-0.39, 0.29) is 10.9 Å². The topological polar surface area (TPSA) is 29.3 Å². The monoisotopic (exact) mass is 280 g/mol. The fourth-order valence-corrected chi connectivity index (χ4v) is 3.96. The fraction of sp³-hybridized carbons (Fsp3) is 0.385. The molecule has 5 heteroatoms. The predicted octanol–water partition coefficient (Wildman–Crippen LogP) is 2.68. The summed E-state index contributed by atoms with van der Waals surface area (Å²) in [6.45, 7) is 4.09. The molecule has 1 aromatic carbocycles. The van der Waals surface area contributed by atoms with Gasteiger partial charge in [-0.2, -0.15) is 4.74 Å². The molecule has 0 N–H and O–H groups in total. The van der Waals surface area contributed by atoms with E-state index in [0.717, 1.165) is 14.6 Å². The van der Waals surface area contributed by atoms with Crippen molar-refractivity contribution in [3.8, 4) is 0 Å². The van der Waals surface area contributed by atoms with E-state index in [4.69, 9.17) is 12.2 Å². The Bertz CT molecular complexity index is 485. The number of benzene rings is 1. The average Bonchev–Trinajstić information content (AvgIpc) is 2.49. The molecule has 2 rings (SSSR count). The van der Waals surface area contributed by atoms with Crippen LogP contribution in [0.5, 0.6) is 0 Å². The highest BCUT2D eigenvalue weighted by atomic mass is 32.2. The Morgan fingerprint density at radius 1 is 1.39 bits per heavy atom. The summed E-state index contributed by atoms with van der Waals surface area (Å²) >= 11 is 6.83. The van der Waals surface area contributed by atoms with E-state index < -0.39 is 0 Å². The molecule has 1 heterocycles. The Balaban J connectivity index is 2.31. The van der Waals surface area contributed by atoms with Gasteiger partial charge in [-0.15, -0.1) is 0 Å². The van der Waals surface area contributed by atoms with Crippen molar-refractivity contribution in [1.29, 1.82) is 0 Å². The van der Waals surface area contributed by atoms with Gasteiger partial charge >= 0.3 is 0 Å². The number of hydroxylamine groups is 1. The largest absolute Gasteiger partial charge is 0.622 e. The second-order valence-electron chi connectivity index (χ2n) is 4.86. The molecule has 1 fully saturated rings. The number of hydrogen-bond acceptors (Lipinski definition) is 3. The Morgan fingerprint density at radius 2 is 2.00 bits per heavy atom. The van der Waals surface area contributed by atoms with E-state index >= 15 is 0 Å². The lowest BCUT2D eigenvalue weighted by atomic mass is 10.1. The summed E-state index contributed by atoms with van der Waals surface area (Å²) in [7, 11) is 1.87. The van der Waals surface area contributed by atoms with Crippen LogP contribution in [0.25, 0.3) is 0 Å². The minimum absolute atomic E-state index is 0.209. The van der Waals surface area contributed by atoms with Gasteiger partial charge in [-0.05, 0) is 26.0 Å². The first-order chi connectivity index (χ1) is 8.42. The molecule has 0 radical (unpaired) electrons. The zero-order chi connectivity index (χ0) is 13.3. The van der Waals surface area contributed by atoms with Crippen molar-refractivity contribution in [2.24, 2.45) is 0 Å². The minimum atomic E-state index is -0.268. The van der Waals surface area contributed by atoms with Gasteiger partial charge < -0.3 is 10.1 Å². The lowest BCUT2D eigenvalue weighted by Gasteiger charge is -2.27. The first-order valence-electron chi connectivity index (χ1n) is 5.73. The number of nitrogens with zero attached hydrogens (tertiary/aromatic N) is 2. The van der Waals surface area contributed by atoms with E-state index in [1.165, 1.54) is 0 Å². The summed E-state index contributed by atoms with van der Waals surface area (Å²) in [5, 5.41) is 12.3. The third-order valence-electron chi connectivity index (χ3n) is 2.94. The average molecular weight is 280 g/mol. The van der Waals surface area contributed by atoms with Crippen LogP contribution in [0.1, 0.15) is 19.4 Å². The molecule has 0 aliphatic carbocycles. The number of rotatable bonds is 2. The molecule has 1 atom stereocenters. The van der Waals surface area contributed by atoms with Crippen LogP contribution in [0.2, 0.25) is 0 Å². The highest BCUT2D eigenvalue weighted by Crippen LogP contribution is 2.40. The van der Waals surface area contributed by atoms with Crippen LogP contribution >= 0.6 is 24.0 Å². The zero-order valence-electron chi connectivity index (χ0n) is 10.7. The number of thioether (sulfide) groups is 1. The quantitative estimate of drug-likeness (QED) is 0.274. The first kappa shape index (κ1) is 13.4. The second-order valence-corrected chi connectivity index (χ2v) is 7.14. The van der Waals surface area contributed by atoms with Gasteiger partial charge in [0.15, 0.2) is 6.21 Å². The normalized spacial score (nSPS) is 23.5. The van der Waals surface area contributed by atoms with Gasteiger partial charge in [0.2, 0.25) is 0 Å². The molecule has 1 unspecified atom stereocenters. The zero-order valence-corrected chi connectivity index (χ0v) is 12.3. The summed E-state index contributed by atoms with van der Waals surface area (Å²) in [5.41, 5.74) is 0.902. The number of hydrogen-bond donors (Lipinski definition) is 0. The summed E-state index contributed by atoms with van der Waals surface area (Å²) in [5.74, 6) is 0. The van der Waals surface area contributed by atoms with Gasteiger partial charge in [-0.25, -0.2) is 0 Å². The van der Waals surface area contributed by atoms with E-state index in [1.807, 2.05) is 56.1 Å². The summed E-state index contributed by atoms with van der Waals surface area (Å²) < 4.78 is 1.56. The predicted molar refractivity (Wildman–Crippen MR) is 81.1 cm³/mol. The first-order valence-corrected chi connectivity index (χ1v) is 6.95. The number of thiocarbonyl (C=S) groups is 1. The second kappa shape index (κ2) is 4.90. The molecule has 96 valence electrons. The van der Waals surface area contributed by atoms with E-state index in [9.17, 15) is 5.21 Å². The molecule has 3 nitrogen and oxygen atoms in total. The maximum Gasteiger partial charge on any atom is 0.254 e. The van der Waals surface area contributed by atoms with Gasteiger partial charge in [0.1, 0.15) is 9.07 Å². The van der Waals surface area contributed by atoms with Crippen molar-refractivity contribution in [2.45, 2.75) is 24.8 Å². The Hall–Kier alpha value is -1.07. The Kier molecular flexibility index (Phi) is 3.64. The van der Waals surface area contributed by atoms with Crippen LogP contribution in [-0.4, -0.2) is 38.1 Å². The third kappa shape index (κ3) is 2.52. The Morgan fingerprint density at radius 3 is 2.50 bits per heavy atom. The molecule has 0 saturated carbocycles. The van der Waals surface area contributed by atoms with E-state index in [0.29, 0.717) is 0 Å². The van der Waals surface area contributed by atoms with Crippen LogP contribution in [0.3, 0.4) is 0 Å². The third-order valence-corrected chi connectivity index (χ3v) is 4.68. The minimum Gasteiger partial charge on any atom is -0.622 e. The molecule has 0 spiro atoms. The van der Waals surface area contributed by atoms with Crippen LogP contribution in [0.4, 0.5) is 0 Å². The molecule has 0 aromatic heterocycles. The SMILES string of the molecule is CN1C(=S)SC(C)(C)C1[N+]([O-])=Cc1ccccc1. The molecular formula is C13H16N2OS2. The van der Waals surface area contributed by atoms with Crippen molar-refractivity contribution in [1.82, 2.24) is 4.90 Å². The van der Waals surface area contributed by atoms with Crippen molar-refractivity contribution in [3.05, 3.63) is 41.1 Å². The highest BCUT2D eigenvalue weighted by Gasteiger charge is 2.48. The summed E-state index contributed by atoms with van der Waals surface area (Å²) in [6, 6.07) is 9.60.